The number of benzene rings is 1. The Balaban J connectivity index is 1.92. The van der Waals surface area contributed by atoms with E-state index in [0.717, 1.165) is 12.8 Å². The van der Waals surface area contributed by atoms with E-state index in [0.29, 0.717) is 28.7 Å². The molecule has 1 aromatic rings. The molecule has 3 N–H and O–H groups in total. The molecule has 1 saturated carbocycles. The average Bonchev–Trinajstić information content (AvgIpc) is 3.42. The van der Waals surface area contributed by atoms with Gasteiger partial charge in [-0.2, -0.15) is 0 Å². The molecular weight excluding hydrogens is 362 g/mol. The molecule has 0 saturated heterocycles. The molecule has 1 aliphatic rings. The van der Waals surface area contributed by atoms with Gasteiger partial charge in [-0.3, -0.25) is 25.2 Å². The zero-order chi connectivity index (χ0) is 19.1. The van der Waals surface area contributed by atoms with Crippen molar-refractivity contribution in [1.29, 1.82) is 0 Å². The van der Waals surface area contributed by atoms with Crippen molar-refractivity contribution in [1.82, 2.24) is 16.2 Å². The third-order valence-corrected chi connectivity index (χ3v) is 3.66. The van der Waals surface area contributed by atoms with Crippen molar-refractivity contribution < 1.29 is 23.9 Å². The number of rotatable bonds is 6. The molecule has 0 radical (unpaired) electrons. The SMILES string of the molecule is CCOc1cc(/C=C/C(=O)NNC(=O)C(=O)NC2CC2)cc(Cl)c1OC. The Morgan fingerprint density at radius 3 is 2.58 bits per heavy atom. The van der Waals surface area contributed by atoms with Gasteiger partial charge in [0, 0.05) is 12.1 Å². The molecule has 0 unspecified atom stereocenters. The number of ether oxygens (including phenoxy) is 2. The molecular formula is C17H20ClN3O5. The quantitative estimate of drug-likeness (QED) is 0.390. The van der Waals surface area contributed by atoms with Crippen LogP contribution >= 0.6 is 11.6 Å². The fourth-order valence-electron chi connectivity index (χ4n) is 2.01. The first kappa shape index (κ1) is 19.6. The molecule has 2 rings (SSSR count). The smallest absolute Gasteiger partial charge is 0.327 e. The maximum atomic E-state index is 11.8. The monoisotopic (exact) mass is 381 g/mol. The normalized spacial score (nSPS) is 13.2. The average molecular weight is 382 g/mol. The van der Waals surface area contributed by atoms with Crippen LogP contribution in [0.1, 0.15) is 25.3 Å². The third kappa shape index (κ3) is 5.66. The molecule has 0 spiro atoms. The second-order valence-corrected chi connectivity index (χ2v) is 5.90. The molecule has 26 heavy (non-hydrogen) atoms. The van der Waals surface area contributed by atoms with E-state index in [-0.39, 0.29) is 6.04 Å². The van der Waals surface area contributed by atoms with Crippen LogP contribution in [0.15, 0.2) is 18.2 Å². The van der Waals surface area contributed by atoms with E-state index in [1.807, 2.05) is 12.3 Å². The highest BCUT2D eigenvalue weighted by Gasteiger charge is 2.26. The Hall–Kier alpha value is -2.74. The molecule has 1 aromatic carbocycles. The lowest BCUT2D eigenvalue weighted by molar-refractivity contribution is -0.140. The van der Waals surface area contributed by atoms with E-state index < -0.39 is 17.7 Å². The summed E-state index contributed by atoms with van der Waals surface area (Å²) >= 11 is 6.13. The second kappa shape index (κ2) is 9.10. The molecule has 0 aliphatic heterocycles. The van der Waals surface area contributed by atoms with E-state index >= 15 is 0 Å². The summed E-state index contributed by atoms with van der Waals surface area (Å²) in [5.41, 5.74) is 4.77. The summed E-state index contributed by atoms with van der Waals surface area (Å²) in [6, 6.07) is 3.33. The summed E-state index contributed by atoms with van der Waals surface area (Å²) < 4.78 is 10.6. The van der Waals surface area contributed by atoms with Gasteiger partial charge in [0.15, 0.2) is 11.5 Å². The summed E-state index contributed by atoms with van der Waals surface area (Å²) in [4.78, 5) is 34.7. The van der Waals surface area contributed by atoms with Gasteiger partial charge in [0.25, 0.3) is 5.91 Å². The fraction of sp³-hybridized carbons (Fsp3) is 0.353. The number of hydrogen-bond acceptors (Lipinski definition) is 5. The van der Waals surface area contributed by atoms with E-state index in [9.17, 15) is 14.4 Å². The molecule has 1 aliphatic carbocycles. The molecule has 0 heterocycles. The Kier molecular flexibility index (Phi) is 6.85. The minimum Gasteiger partial charge on any atom is -0.491 e. The highest BCUT2D eigenvalue weighted by Crippen LogP contribution is 2.36. The van der Waals surface area contributed by atoms with Gasteiger partial charge in [-0.15, -0.1) is 0 Å². The van der Waals surface area contributed by atoms with Gasteiger partial charge >= 0.3 is 11.8 Å². The van der Waals surface area contributed by atoms with E-state index in [1.54, 1.807) is 12.1 Å². The van der Waals surface area contributed by atoms with Crippen LogP contribution < -0.4 is 25.6 Å². The van der Waals surface area contributed by atoms with Crippen molar-refractivity contribution in [2.75, 3.05) is 13.7 Å². The van der Waals surface area contributed by atoms with Crippen LogP contribution in [-0.4, -0.2) is 37.5 Å². The standard InChI is InChI=1S/C17H20ClN3O5/c1-3-26-13-9-10(8-12(18)15(13)25-2)4-7-14(22)20-21-17(24)16(23)19-11-5-6-11/h4,7-9,11H,3,5-6H2,1-2H3,(H,19,23)(H,20,22)(H,21,24)/b7-4+. The first-order valence-corrected chi connectivity index (χ1v) is 8.41. The minimum absolute atomic E-state index is 0.0585. The first-order valence-electron chi connectivity index (χ1n) is 8.03. The van der Waals surface area contributed by atoms with Crippen LogP contribution in [0.3, 0.4) is 0 Å². The summed E-state index contributed by atoms with van der Waals surface area (Å²) in [6.45, 7) is 2.25. The van der Waals surface area contributed by atoms with Crippen LogP contribution in [0.5, 0.6) is 11.5 Å². The molecule has 0 aromatic heterocycles. The van der Waals surface area contributed by atoms with E-state index in [1.165, 1.54) is 19.3 Å². The van der Waals surface area contributed by atoms with Crippen molar-refractivity contribution in [3.63, 3.8) is 0 Å². The van der Waals surface area contributed by atoms with Crippen LogP contribution in [-0.2, 0) is 14.4 Å². The predicted molar refractivity (Wildman–Crippen MR) is 95.7 cm³/mol. The molecule has 0 atom stereocenters. The maximum absolute atomic E-state index is 11.8. The predicted octanol–water partition coefficient (Wildman–Crippen LogP) is 1.19. The topological polar surface area (TPSA) is 106 Å². The van der Waals surface area contributed by atoms with Gasteiger partial charge in [-0.05, 0) is 43.5 Å². The van der Waals surface area contributed by atoms with Crippen LogP contribution in [0.2, 0.25) is 5.02 Å². The van der Waals surface area contributed by atoms with Crippen molar-refractivity contribution in [2.45, 2.75) is 25.8 Å². The zero-order valence-corrected chi connectivity index (χ0v) is 15.2. The summed E-state index contributed by atoms with van der Waals surface area (Å²) in [5.74, 6) is -1.45. The summed E-state index contributed by atoms with van der Waals surface area (Å²) in [6.07, 6.45) is 4.40. The van der Waals surface area contributed by atoms with Crippen molar-refractivity contribution in [3.8, 4) is 11.5 Å². The first-order chi connectivity index (χ1) is 12.4. The number of hydrogen-bond donors (Lipinski definition) is 3. The molecule has 9 heteroatoms. The van der Waals surface area contributed by atoms with Crippen molar-refractivity contribution >= 4 is 35.4 Å². The number of methoxy groups -OCH3 is 1. The minimum atomic E-state index is -0.926. The van der Waals surface area contributed by atoms with Gasteiger partial charge in [0.1, 0.15) is 0 Å². The third-order valence-electron chi connectivity index (χ3n) is 3.38. The van der Waals surface area contributed by atoms with Gasteiger partial charge < -0.3 is 14.8 Å². The van der Waals surface area contributed by atoms with Gasteiger partial charge in [-0.1, -0.05) is 11.6 Å². The lowest BCUT2D eigenvalue weighted by atomic mass is 10.2. The van der Waals surface area contributed by atoms with E-state index in [4.69, 9.17) is 21.1 Å². The lowest BCUT2D eigenvalue weighted by Gasteiger charge is -2.11. The Morgan fingerprint density at radius 1 is 1.23 bits per heavy atom. The highest BCUT2D eigenvalue weighted by atomic mass is 35.5. The molecule has 1 fully saturated rings. The number of halogens is 1. The van der Waals surface area contributed by atoms with Crippen molar-refractivity contribution in [2.24, 2.45) is 0 Å². The van der Waals surface area contributed by atoms with Gasteiger partial charge in [0.05, 0.1) is 18.7 Å². The molecule has 0 bridgehead atoms. The highest BCUT2D eigenvalue weighted by molar-refractivity contribution is 6.35. The van der Waals surface area contributed by atoms with Crippen LogP contribution in [0, 0.1) is 0 Å². The fourth-order valence-corrected chi connectivity index (χ4v) is 2.31. The number of nitrogens with one attached hydrogen (secondary N) is 3. The zero-order valence-electron chi connectivity index (χ0n) is 14.4. The maximum Gasteiger partial charge on any atom is 0.327 e. The van der Waals surface area contributed by atoms with Crippen LogP contribution in [0.4, 0.5) is 0 Å². The van der Waals surface area contributed by atoms with Crippen molar-refractivity contribution in [3.05, 3.63) is 28.8 Å². The Labute approximate surface area is 155 Å². The van der Waals surface area contributed by atoms with Crippen LogP contribution in [0.25, 0.3) is 6.08 Å². The Morgan fingerprint density at radius 2 is 1.96 bits per heavy atom. The summed E-state index contributed by atoms with van der Waals surface area (Å²) in [7, 11) is 1.48. The lowest BCUT2D eigenvalue weighted by Crippen LogP contribution is -2.48. The van der Waals surface area contributed by atoms with Gasteiger partial charge in [0.2, 0.25) is 0 Å². The number of carbonyl (C=O) groups is 3. The molecule has 140 valence electrons. The molecule has 8 nitrogen and oxygen atoms in total. The van der Waals surface area contributed by atoms with Gasteiger partial charge in [-0.25, -0.2) is 0 Å². The number of amides is 3. The van der Waals surface area contributed by atoms with E-state index in [2.05, 4.69) is 10.7 Å². The Bertz CT molecular complexity index is 731. The number of carbonyl (C=O) groups excluding carboxylic acids is 3. The second-order valence-electron chi connectivity index (χ2n) is 5.49. The number of hydrazine groups is 1. The largest absolute Gasteiger partial charge is 0.491 e. The molecule has 3 amide bonds. The summed E-state index contributed by atoms with van der Waals surface area (Å²) in [5, 5.41) is 2.85.